The molecule has 0 unspecified atom stereocenters. The lowest BCUT2D eigenvalue weighted by Gasteiger charge is -2.04. The first-order chi connectivity index (χ1) is 7.83. The molecule has 0 amide bonds. The zero-order valence-electron chi connectivity index (χ0n) is 8.79. The molecule has 0 atom stereocenters. The van der Waals surface area contributed by atoms with E-state index in [-0.39, 0.29) is 0 Å². The van der Waals surface area contributed by atoms with Crippen LogP contribution in [0.3, 0.4) is 0 Å². The second kappa shape index (κ2) is 4.45. The van der Waals surface area contributed by atoms with Gasteiger partial charge >= 0.3 is 0 Å². The Morgan fingerprint density at radius 3 is 3.12 bits per heavy atom. The maximum atomic E-state index is 8.81. The molecule has 0 radical (unpaired) electrons. The Morgan fingerprint density at radius 2 is 2.38 bits per heavy atom. The first-order valence-electron chi connectivity index (χ1n) is 4.74. The van der Waals surface area contributed by atoms with E-state index in [0.717, 1.165) is 5.69 Å². The summed E-state index contributed by atoms with van der Waals surface area (Å²) in [5, 5.41) is 8.81. The molecule has 0 bridgehead atoms. The second-order valence-electron chi connectivity index (χ2n) is 3.16. The van der Waals surface area contributed by atoms with Gasteiger partial charge in [0.1, 0.15) is 6.07 Å². The first-order valence-corrected chi connectivity index (χ1v) is 4.74. The van der Waals surface area contributed by atoms with E-state index < -0.39 is 0 Å². The van der Waals surface area contributed by atoms with Crippen LogP contribution < -0.4 is 4.74 Å². The smallest absolute Gasteiger partial charge is 0.213 e. The van der Waals surface area contributed by atoms with Crippen molar-refractivity contribution in [2.75, 3.05) is 7.11 Å². The molecule has 5 heteroatoms. The molecule has 0 spiro atoms. The number of ether oxygens (including phenoxy) is 1. The predicted octanol–water partition coefficient (Wildman–Crippen LogP) is 1.21. The third kappa shape index (κ3) is 2.01. The molecular weight excluding hydrogens is 204 g/mol. The van der Waals surface area contributed by atoms with Crippen LogP contribution in [0.4, 0.5) is 0 Å². The van der Waals surface area contributed by atoms with Crippen molar-refractivity contribution in [2.45, 2.75) is 6.54 Å². The Labute approximate surface area is 92.9 Å². The lowest BCUT2D eigenvalue weighted by molar-refractivity contribution is 0.396. The fraction of sp³-hybridized carbons (Fsp3) is 0.182. The standard InChI is InChI=1S/C11H10N4O/c1-16-11-4-2-3-9(14-11)8-15-6-5-13-10(15)7-12/h2-6H,8H2,1H3. The van der Waals surface area contributed by atoms with E-state index in [2.05, 4.69) is 9.97 Å². The molecule has 0 aliphatic rings. The molecule has 2 aromatic rings. The molecule has 0 aliphatic heterocycles. The SMILES string of the molecule is COc1cccc(Cn2ccnc2C#N)n1. The highest BCUT2D eigenvalue weighted by molar-refractivity contribution is 5.18. The van der Waals surface area contributed by atoms with Crippen molar-refractivity contribution in [2.24, 2.45) is 0 Å². The van der Waals surface area contributed by atoms with Crippen LogP contribution in [0.15, 0.2) is 30.6 Å². The molecule has 0 fully saturated rings. The van der Waals surface area contributed by atoms with Crippen LogP contribution in [-0.4, -0.2) is 21.6 Å². The summed E-state index contributed by atoms with van der Waals surface area (Å²) in [6.07, 6.45) is 3.35. The van der Waals surface area contributed by atoms with Crippen LogP contribution in [0, 0.1) is 11.3 Å². The van der Waals surface area contributed by atoms with Gasteiger partial charge in [-0.2, -0.15) is 5.26 Å². The first kappa shape index (κ1) is 10.2. The molecule has 2 aromatic heterocycles. The highest BCUT2D eigenvalue weighted by Crippen LogP contribution is 2.08. The lowest BCUT2D eigenvalue weighted by atomic mass is 10.3. The zero-order chi connectivity index (χ0) is 11.4. The lowest BCUT2D eigenvalue weighted by Crippen LogP contribution is -2.03. The normalized spacial score (nSPS) is 9.75. The van der Waals surface area contributed by atoms with Crippen LogP contribution in [-0.2, 0) is 6.54 Å². The average Bonchev–Trinajstić information content (AvgIpc) is 2.76. The number of imidazole rings is 1. The minimum atomic E-state index is 0.379. The molecule has 0 saturated heterocycles. The van der Waals surface area contributed by atoms with E-state index in [1.807, 2.05) is 18.2 Å². The van der Waals surface area contributed by atoms with Crippen molar-refractivity contribution in [3.8, 4) is 11.9 Å². The molecule has 0 aromatic carbocycles. The molecule has 80 valence electrons. The number of hydrogen-bond acceptors (Lipinski definition) is 4. The summed E-state index contributed by atoms with van der Waals surface area (Å²) in [6, 6.07) is 7.54. The summed E-state index contributed by atoms with van der Waals surface area (Å²) in [5.41, 5.74) is 0.828. The van der Waals surface area contributed by atoms with Crippen LogP contribution in [0.1, 0.15) is 11.5 Å². The molecule has 2 rings (SSSR count). The average molecular weight is 214 g/mol. The quantitative estimate of drug-likeness (QED) is 0.770. The van der Waals surface area contributed by atoms with Crippen molar-refractivity contribution in [3.63, 3.8) is 0 Å². The maximum Gasteiger partial charge on any atom is 0.213 e. The minimum absolute atomic E-state index is 0.379. The van der Waals surface area contributed by atoms with Crippen molar-refractivity contribution in [1.82, 2.24) is 14.5 Å². The van der Waals surface area contributed by atoms with Gasteiger partial charge < -0.3 is 9.30 Å². The Balaban J connectivity index is 2.24. The van der Waals surface area contributed by atoms with Crippen LogP contribution in [0.25, 0.3) is 0 Å². The fourth-order valence-electron chi connectivity index (χ4n) is 1.38. The van der Waals surface area contributed by atoms with Crippen molar-refractivity contribution in [3.05, 3.63) is 42.1 Å². The topological polar surface area (TPSA) is 63.7 Å². The highest BCUT2D eigenvalue weighted by atomic mass is 16.5. The third-order valence-electron chi connectivity index (χ3n) is 2.14. The van der Waals surface area contributed by atoms with E-state index in [4.69, 9.17) is 10.00 Å². The number of rotatable bonds is 3. The number of hydrogen-bond donors (Lipinski definition) is 0. The molecule has 0 N–H and O–H groups in total. The summed E-state index contributed by atoms with van der Waals surface area (Å²) in [5.74, 6) is 0.945. The maximum absolute atomic E-state index is 8.81. The monoisotopic (exact) mass is 214 g/mol. The van der Waals surface area contributed by atoms with Gasteiger partial charge in [-0.3, -0.25) is 0 Å². The van der Waals surface area contributed by atoms with Crippen LogP contribution in [0.5, 0.6) is 5.88 Å². The molecule has 2 heterocycles. The molecule has 16 heavy (non-hydrogen) atoms. The Morgan fingerprint density at radius 1 is 1.50 bits per heavy atom. The summed E-state index contributed by atoms with van der Waals surface area (Å²) < 4.78 is 6.77. The molecule has 5 nitrogen and oxygen atoms in total. The van der Waals surface area contributed by atoms with Gasteiger partial charge in [0.25, 0.3) is 0 Å². The number of nitrogens with zero attached hydrogens (tertiary/aromatic N) is 4. The van der Waals surface area contributed by atoms with Crippen LogP contribution >= 0.6 is 0 Å². The molecule has 0 saturated carbocycles. The predicted molar refractivity (Wildman–Crippen MR) is 56.8 cm³/mol. The number of nitriles is 1. The number of methoxy groups -OCH3 is 1. The van der Waals surface area contributed by atoms with Gasteiger partial charge in [-0.25, -0.2) is 9.97 Å². The number of pyridine rings is 1. The summed E-state index contributed by atoms with van der Waals surface area (Å²) in [4.78, 5) is 8.18. The highest BCUT2D eigenvalue weighted by Gasteiger charge is 2.03. The molecular formula is C11H10N4O. The van der Waals surface area contributed by atoms with Gasteiger partial charge in [0.15, 0.2) is 0 Å². The van der Waals surface area contributed by atoms with Gasteiger partial charge in [0.2, 0.25) is 11.7 Å². The minimum Gasteiger partial charge on any atom is -0.481 e. The third-order valence-corrected chi connectivity index (χ3v) is 2.14. The fourth-order valence-corrected chi connectivity index (χ4v) is 1.38. The van der Waals surface area contributed by atoms with E-state index in [9.17, 15) is 0 Å². The Bertz CT molecular complexity index is 527. The van der Waals surface area contributed by atoms with E-state index in [1.165, 1.54) is 0 Å². The van der Waals surface area contributed by atoms with Gasteiger partial charge in [-0.05, 0) is 6.07 Å². The summed E-state index contributed by atoms with van der Waals surface area (Å²) >= 11 is 0. The van der Waals surface area contributed by atoms with Crippen molar-refractivity contribution >= 4 is 0 Å². The van der Waals surface area contributed by atoms with Gasteiger partial charge in [-0.15, -0.1) is 0 Å². The van der Waals surface area contributed by atoms with E-state index >= 15 is 0 Å². The largest absolute Gasteiger partial charge is 0.481 e. The number of aromatic nitrogens is 3. The van der Waals surface area contributed by atoms with E-state index in [1.54, 1.807) is 30.1 Å². The van der Waals surface area contributed by atoms with Crippen molar-refractivity contribution in [1.29, 1.82) is 5.26 Å². The van der Waals surface area contributed by atoms with E-state index in [0.29, 0.717) is 18.2 Å². The summed E-state index contributed by atoms with van der Waals surface area (Å²) in [7, 11) is 1.57. The Hall–Kier alpha value is -2.35. The van der Waals surface area contributed by atoms with Crippen LogP contribution in [0.2, 0.25) is 0 Å². The van der Waals surface area contributed by atoms with Crippen molar-refractivity contribution < 1.29 is 4.74 Å². The molecule has 0 aliphatic carbocycles. The Kier molecular flexibility index (Phi) is 2.83. The van der Waals surface area contributed by atoms with Gasteiger partial charge in [-0.1, -0.05) is 6.07 Å². The summed E-state index contributed by atoms with van der Waals surface area (Å²) in [6.45, 7) is 0.514. The van der Waals surface area contributed by atoms with Gasteiger partial charge in [0, 0.05) is 18.5 Å². The van der Waals surface area contributed by atoms with Gasteiger partial charge in [0.05, 0.1) is 19.3 Å². The second-order valence-corrected chi connectivity index (χ2v) is 3.16. The zero-order valence-corrected chi connectivity index (χ0v) is 8.79.